The van der Waals surface area contributed by atoms with Gasteiger partial charge in [0.2, 0.25) is 0 Å². The molecule has 0 N–H and O–H groups in total. The standard InChI is InChI=1S/C19H22N4O/c1-4-6-9-16-11-14-8-7-10-20-18(14)19(23(16)17(24)5-2)15-12-21-22(3)13-15/h2,7-8,10,12-13,16,19H,4,6,9,11H2,1,3H3/t16-,19-/m0/s1. The SMILES string of the molecule is C#CC(=O)N1[C@@H](CCCC)Cc2cccnc2[C@@H]1c1cnn(C)c1. The van der Waals surface area contributed by atoms with Crippen LogP contribution in [-0.2, 0) is 18.3 Å². The summed E-state index contributed by atoms with van der Waals surface area (Å²) in [6.45, 7) is 2.16. The van der Waals surface area contributed by atoms with Crippen LogP contribution in [-0.4, -0.2) is 31.6 Å². The Kier molecular flexibility index (Phi) is 4.66. The molecule has 0 aromatic carbocycles. The first-order valence-electron chi connectivity index (χ1n) is 8.37. The summed E-state index contributed by atoms with van der Waals surface area (Å²) in [7, 11) is 1.87. The van der Waals surface area contributed by atoms with Crippen LogP contribution in [0.5, 0.6) is 0 Å². The molecule has 1 amide bonds. The maximum absolute atomic E-state index is 12.6. The Bertz CT molecular complexity index is 774. The van der Waals surface area contributed by atoms with Crippen LogP contribution >= 0.6 is 0 Å². The van der Waals surface area contributed by atoms with Gasteiger partial charge in [-0.05, 0) is 30.4 Å². The van der Waals surface area contributed by atoms with Crippen molar-refractivity contribution in [2.45, 2.75) is 44.7 Å². The summed E-state index contributed by atoms with van der Waals surface area (Å²) in [5.74, 6) is 2.03. The van der Waals surface area contributed by atoms with Gasteiger partial charge in [-0.2, -0.15) is 5.10 Å². The summed E-state index contributed by atoms with van der Waals surface area (Å²) in [5, 5.41) is 4.27. The third kappa shape index (κ3) is 2.92. The molecular formula is C19H22N4O. The van der Waals surface area contributed by atoms with E-state index in [0.717, 1.165) is 36.9 Å². The molecule has 2 aromatic heterocycles. The highest BCUT2D eigenvalue weighted by molar-refractivity contribution is 5.94. The number of hydrogen-bond acceptors (Lipinski definition) is 3. The van der Waals surface area contributed by atoms with Gasteiger partial charge in [-0.25, -0.2) is 0 Å². The fourth-order valence-electron chi connectivity index (χ4n) is 3.50. The van der Waals surface area contributed by atoms with E-state index in [0.29, 0.717) is 0 Å². The van der Waals surface area contributed by atoms with Crippen molar-refractivity contribution in [2.24, 2.45) is 7.05 Å². The number of nitrogens with zero attached hydrogens (tertiary/aromatic N) is 4. The normalized spacial score (nSPS) is 19.6. The smallest absolute Gasteiger partial charge is 0.299 e. The minimum absolute atomic E-state index is 0.0930. The number of aryl methyl sites for hydroxylation is 1. The lowest BCUT2D eigenvalue weighted by atomic mass is 9.87. The topological polar surface area (TPSA) is 51.0 Å². The quantitative estimate of drug-likeness (QED) is 0.813. The zero-order chi connectivity index (χ0) is 17.1. The van der Waals surface area contributed by atoms with Crippen LogP contribution in [0.4, 0.5) is 0 Å². The van der Waals surface area contributed by atoms with Crippen molar-refractivity contribution in [1.82, 2.24) is 19.7 Å². The number of fused-ring (bicyclic) bond motifs is 1. The van der Waals surface area contributed by atoms with Crippen LogP contribution in [0, 0.1) is 12.3 Å². The summed E-state index contributed by atoms with van der Waals surface area (Å²) in [6, 6.07) is 3.88. The maximum Gasteiger partial charge on any atom is 0.299 e. The minimum Gasteiger partial charge on any atom is -0.316 e. The van der Waals surface area contributed by atoms with E-state index in [4.69, 9.17) is 6.42 Å². The van der Waals surface area contributed by atoms with Crippen molar-refractivity contribution in [3.63, 3.8) is 0 Å². The van der Waals surface area contributed by atoms with Gasteiger partial charge in [0.25, 0.3) is 5.91 Å². The summed E-state index contributed by atoms with van der Waals surface area (Å²) in [6.07, 6.45) is 14.9. The first-order valence-corrected chi connectivity index (χ1v) is 8.37. The third-order valence-electron chi connectivity index (χ3n) is 4.60. The van der Waals surface area contributed by atoms with Gasteiger partial charge in [-0.15, -0.1) is 6.42 Å². The van der Waals surface area contributed by atoms with Crippen molar-refractivity contribution in [3.05, 3.63) is 47.5 Å². The van der Waals surface area contributed by atoms with Gasteiger partial charge >= 0.3 is 0 Å². The molecule has 2 aromatic rings. The Morgan fingerprint density at radius 1 is 1.50 bits per heavy atom. The molecule has 0 unspecified atom stereocenters. The molecular weight excluding hydrogens is 300 g/mol. The van der Waals surface area contributed by atoms with Crippen molar-refractivity contribution in [2.75, 3.05) is 0 Å². The fourth-order valence-corrected chi connectivity index (χ4v) is 3.50. The predicted octanol–water partition coefficient (Wildman–Crippen LogP) is 2.48. The first-order chi connectivity index (χ1) is 11.7. The Balaban J connectivity index is 2.11. The number of pyridine rings is 1. The number of carbonyl (C=O) groups excluding carboxylic acids is 1. The highest BCUT2D eigenvalue weighted by Gasteiger charge is 2.38. The lowest BCUT2D eigenvalue weighted by molar-refractivity contribution is -0.130. The van der Waals surface area contributed by atoms with Crippen LogP contribution in [0.3, 0.4) is 0 Å². The van der Waals surface area contributed by atoms with E-state index in [1.54, 1.807) is 17.1 Å². The molecule has 0 bridgehead atoms. The Hall–Kier alpha value is -2.61. The number of terminal acetylenes is 1. The molecule has 5 heteroatoms. The molecule has 3 heterocycles. The number of rotatable bonds is 4. The number of aromatic nitrogens is 3. The molecule has 0 fully saturated rings. The molecule has 1 aliphatic rings. The van der Waals surface area contributed by atoms with E-state index < -0.39 is 0 Å². The van der Waals surface area contributed by atoms with Crippen LogP contribution in [0.15, 0.2) is 30.7 Å². The zero-order valence-electron chi connectivity index (χ0n) is 14.1. The molecule has 5 nitrogen and oxygen atoms in total. The van der Waals surface area contributed by atoms with Gasteiger partial charge in [0.15, 0.2) is 0 Å². The third-order valence-corrected chi connectivity index (χ3v) is 4.60. The minimum atomic E-state index is -0.277. The predicted molar refractivity (Wildman–Crippen MR) is 92.0 cm³/mol. The lowest BCUT2D eigenvalue weighted by Crippen LogP contribution is -2.47. The fraction of sp³-hybridized carbons (Fsp3) is 0.421. The summed E-state index contributed by atoms with van der Waals surface area (Å²) >= 11 is 0. The second-order valence-electron chi connectivity index (χ2n) is 6.25. The average Bonchev–Trinajstić information content (AvgIpc) is 3.03. The number of unbranched alkanes of at least 4 members (excludes halogenated alkanes) is 1. The molecule has 0 aliphatic carbocycles. The molecule has 1 aliphatic heterocycles. The van der Waals surface area contributed by atoms with Crippen LogP contribution < -0.4 is 0 Å². The van der Waals surface area contributed by atoms with E-state index >= 15 is 0 Å². The van der Waals surface area contributed by atoms with Crippen molar-refractivity contribution >= 4 is 5.91 Å². The molecule has 0 spiro atoms. The molecule has 24 heavy (non-hydrogen) atoms. The zero-order valence-corrected chi connectivity index (χ0v) is 14.1. The van der Waals surface area contributed by atoms with Gasteiger partial charge in [0, 0.05) is 31.0 Å². The lowest BCUT2D eigenvalue weighted by Gasteiger charge is -2.41. The summed E-state index contributed by atoms with van der Waals surface area (Å²) in [5.41, 5.74) is 3.04. The highest BCUT2D eigenvalue weighted by Crippen LogP contribution is 2.37. The highest BCUT2D eigenvalue weighted by atomic mass is 16.2. The Morgan fingerprint density at radius 2 is 2.33 bits per heavy atom. The van der Waals surface area contributed by atoms with Gasteiger partial charge in [-0.1, -0.05) is 25.8 Å². The number of amides is 1. The van der Waals surface area contributed by atoms with Crippen LogP contribution in [0.25, 0.3) is 0 Å². The van der Waals surface area contributed by atoms with E-state index in [-0.39, 0.29) is 18.0 Å². The van der Waals surface area contributed by atoms with Gasteiger partial charge in [-0.3, -0.25) is 14.5 Å². The summed E-state index contributed by atoms with van der Waals surface area (Å²) < 4.78 is 1.74. The van der Waals surface area contributed by atoms with Crippen molar-refractivity contribution < 1.29 is 4.79 Å². The van der Waals surface area contributed by atoms with Crippen LogP contribution in [0.2, 0.25) is 0 Å². The molecule has 0 radical (unpaired) electrons. The van der Waals surface area contributed by atoms with Gasteiger partial charge in [0.1, 0.15) is 6.04 Å². The van der Waals surface area contributed by atoms with E-state index in [1.165, 1.54) is 5.56 Å². The largest absolute Gasteiger partial charge is 0.316 e. The first kappa shape index (κ1) is 16.3. The van der Waals surface area contributed by atoms with E-state index in [1.807, 2.05) is 24.2 Å². The second-order valence-corrected chi connectivity index (χ2v) is 6.25. The van der Waals surface area contributed by atoms with E-state index in [9.17, 15) is 4.79 Å². The van der Waals surface area contributed by atoms with Crippen LogP contribution in [0.1, 0.15) is 49.0 Å². The maximum atomic E-state index is 12.6. The second kappa shape index (κ2) is 6.88. The van der Waals surface area contributed by atoms with Crippen molar-refractivity contribution in [3.8, 4) is 12.3 Å². The number of carbonyl (C=O) groups is 1. The van der Waals surface area contributed by atoms with E-state index in [2.05, 4.69) is 29.0 Å². The molecule has 3 rings (SSSR count). The molecule has 0 saturated heterocycles. The van der Waals surface area contributed by atoms with Gasteiger partial charge in [0.05, 0.1) is 11.9 Å². The number of hydrogen-bond donors (Lipinski definition) is 0. The monoisotopic (exact) mass is 322 g/mol. The molecule has 2 atom stereocenters. The average molecular weight is 322 g/mol. The van der Waals surface area contributed by atoms with Gasteiger partial charge < -0.3 is 4.90 Å². The molecule has 124 valence electrons. The summed E-state index contributed by atoms with van der Waals surface area (Å²) in [4.78, 5) is 19.0. The van der Waals surface area contributed by atoms with Crippen molar-refractivity contribution in [1.29, 1.82) is 0 Å². The molecule has 0 saturated carbocycles. The Morgan fingerprint density at radius 3 is 3.00 bits per heavy atom. The Labute approximate surface area is 142 Å².